The normalized spacial score (nSPS) is 9.57. The topological polar surface area (TPSA) is 9.23 Å². The zero-order valence-corrected chi connectivity index (χ0v) is 10.0. The smallest absolute Gasteiger partial charge is 0.148 e. The van der Waals surface area contributed by atoms with E-state index in [1.165, 1.54) is 16.7 Å². The van der Waals surface area contributed by atoms with Crippen LogP contribution in [0.4, 0.5) is 0 Å². The molecule has 0 radical (unpaired) electrons. The first kappa shape index (κ1) is 11.1. The number of terminal acetylenes is 1. The molecule has 0 aliphatic heterocycles. The van der Waals surface area contributed by atoms with Gasteiger partial charge in [0, 0.05) is 10.9 Å². The Bertz CT molecular complexity index is 363. The zero-order chi connectivity index (χ0) is 10.6. The number of benzene rings is 1. The van der Waals surface area contributed by atoms with Crippen molar-refractivity contribution in [1.82, 2.24) is 0 Å². The lowest BCUT2D eigenvalue weighted by atomic mass is 10.1. The summed E-state index contributed by atoms with van der Waals surface area (Å²) >= 11 is 3.44. The standard InChI is InChI=1S/C12H13BrO/c1-4-5-14-12-7-9(2)6-10(3)11(12)8-13/h1,6-7H,5,8H2,2-3H3. The quantitative estimate of drug-likeness (QED) is 0.593. The van der Waals surface area contributed by atoms with Gasteiger partial charge in [-0.3, -0.25) is 0 Å². The lowest BCUT2D eigenvalue weighted by Gasteiger charge is -2.11. The minimum absolute atomic E-state index is 0.322. The van der Waals surface area contributed by atoms with E-state index in [9.17, 15) is 0 Å². The van der Waals surface area contributed by atoms with Crippen LogP contribution in [0.3, 0.4) is 0 Å². The molecule has 0 bridgehead atoms. The van der Waals surface area contributed by atoms with Gasteiger partial charge in [-0.15, -0.1) is 6.42 Å². The van der Waals surface area contributed by atoms with Crippen LogP contribution >= 0.6 is 15.9 Å². The largest absolute Gasteiger partial charge is 0.481 e. The van der Waals surface area contributed by atoms with Crippen molar-refractivity contribution in [1.29, 1.82) is 0 Å². The Morgan fingerprint density at radius 1 is 1.43 bits per heavy atom. The lowest BCUT2D eigenvalue weighted by Crippen LogP contribution is -1.99. The summed E-state index contributed by atoms with van der Waals surface area (Å²) in [6.07, 6.45) is 5.16. The second-order valence-electron chi connectivity index (χ2n) is 3.18. The zero-order valence-electron chi connectivity index (χ0n) is 8.43. The van der Waals surface area contributed by atoms with Crippen LogP contribution < -0.4 is 4.74 Å². The van der Waals surface area contributed by atoms with Crippen molar-refractivity contribution < 1.29 is 4.74 Å². The van der Waals surface area contributed by atoms with Crippen LogP contribution in [-0.2, 0) is 5.33 Å². The van der Waals surface area contributed by atoms with Crippen LogP contribution in [0.5, 0.6) is 5.75 Å². The molecular formula is C12H13BrO. The number of halogens is 1. The Labute approximate surface area is 93.6 Å². The molecule has 1 rings (SSSR count). The second kappa shape index (κ2) is 5.07. The van der Waals surface area contributed by atoms with E-state index in [4.69, 9.17) is 11.2 Å². The van der Waals surface area contributed by atoms with Gasteiger partial charge in [0.05, 0.1) is 0 Å². The van der Waals surface area contributed by atoms with Gasteiger partial charge in [-0.25, -0.2) is 0 Å². The number of aryl methyl sites for hydroxylation is 2. The van der Waals surface area contributed by atoms with Crippen LogP contribution in [0.2, 0.25) is 0 Å². The molecule has 0 aliphatic rings. The van der Waals surface area contributed by atoms with Crippen LogP contribution in [0, 0.1) is 26.2 Å². The van der Waals surface area contributed by atoms with Crippen molar-refractivity contribution in [2.24, 2.45) is 0 Å². The molecule has 0 N–H and O–H groups in total. The highest BCUT2D eigenvalue weighted by Gasteiger charge is 2.06. The van der Waals surface area contributed by atoms with E-state index < -0.39 is 0 Å². The number of hydrogen-bond donors (Lipinski definition) is 0. The highest BCUT2D eigenvalue weighted by molar-refractivity contribution is 9.08. The second-order valence-corrected chi connectivity index (χ2v) is 3.75. The van der Waals surface area contributed by atoms with E-state index in [1.807, 2.05) is 13.0 Å². The van der Waals surface area contributed by atoms with Crippen molar-refractivity contribution in [2.45, 2.75) is 19.2 Å². The molecule has 2 heteroatoms. The molecule has 0 saturated heterocycles. The monoisotopic (exact) mass is 252 g/mol. The molecule has 74 valence electrons. The van der Waals surface area contributed by atoms with Gasteiger partial charge in [0.1, 0.15) is 12.4 Å². The lowest BCUT2D eigenvalue weighted by molar-refractivity contribution is 0.367. The molecule has 0 saturated carbocycles. The van der Waals surface area contributed by atoms with Gasteiger partial charge in [-0.05, 0) is 31.0 Å². The maximum atomic E-state index is 5.47. The van der Waals surface area contributed by atoms with Crippen molar-refractivity contribution in [3.63, 3.8) is 0 Å². The van der Waals surface area contributed by atoms with Gasteiger partial charge in [-0.1, -0.05) is 27.9 Å². The minimum atomic E-state index is 0.322. The van der Waals surface area contributed by atoms with Crippen molar-refractivity contribution in [3.05, 3.63) is 28.8 Å². The van der Waals surface area contributed by atoms with Gasteiger partial charge in [0.15, 0.2) is 0 Å². The van der Waals surface area contributed by atoms with E-state index in [0.29, 0.717) is 6.61 Å². The Morgan fingerprint density at radius 2 is 2.14 bits per heavy atom. The first-order chi connectivity index (χ1) is 6.69. The van der Waals surface area contributed by atoms with E-state index in [-0.39, 0.29) is 0 Å². The Kier molecular flexibility index (Phi) is 4.03. The first-order valence-corrected chi connectivity index (χ1v) is 5.53. The predicted molar refractivity (Wildman–Crippen MR) is 62.9 cm³/mol. The van der Waals surface area contributed by atoms with E-state index in [2.05, 4.69) is 34.8 Å². The van der Waals surface area contributed by atoms with E-state index in [1.54, 1.807) is 0 Å². The fourth-order valence-electron chi connectivity index (χ4n) is 1.38. The predicted octanol–water partition coefficient (Wildman–Crippen LogP) is 3.21. The minimum Gasteiger partial charge on any atom is -0.481 e. The van der Waals surface area contributed by atoms with Crippen molar-refractivity contribution >= 4 is 15.9 Å². The Morgan fingerprint density at radius 3 is 2.71 bits per heavy atom. The molecule has 0 aromatic heterocycles. The number of ether oxygens (including phenoxy) is 1. The third kappa shape index (κ3) is 2.52. The summed E-state index contributed by atoms with van der Waals surface area (Å²) in [5.41, 5.74) is 3.60. The molecule has 0 atom stereocenters. The van der Waals surface area contributed by atoms with Crippen LogP contribution in [-0.4, -0.2) is 6.61 Å². The number of alkyl halides is 1. The summed E-state index contributed by atoms with van der Waals surface area (Å²) < 4.78 is 5.47. The first-order valence-electron chi connectivity index (χ1n) is 4.41. The molecule has 0 aliphatic carbocycles. The fraction of sp³-hybridized carbons (Fsp3) is 0.333. The SMILES string of the molecule is C#CCOc1cc(C)cc(C)c1CBr. The molecule has 1 nitrogen and oxygen atoms in total. The maximum absolute atomic E-state index is 5.47. The summed E-state index contributed by atoms with van der Waals surface area (Å²) in [6.45, 7) is 4.45. The summed E-state index contributed by atoms with van der Waals surface area (Å²) in [5, 5.41) is 0.791. The molecule has 0 amide bonds. The summed E-state index contributed by atoms with van der Waals surface area (Å²) in [4.78, 5) is 0. The number of hydrogen-bond acceptors (Lipinski definition) is 1. The Balaban J connectivity index is 3.06. The molecule has 0 fully saturated rings. The molecular weight excluding hydrogens is 240 g/mol. The van der Waals surface area contributed by atoms with Crippen molar-refractivity contribution in [3.8, 4) is 18.1 Å². The highest BCUT2D eigenvalue weighted by atomic mass is 79.9. The molecule has 14 heavy (non-hydrogen) atoms. The highest BCUT2D eigenvalue weighted by Crippen LogP contribution is 2.26. The van der Waals surface area contributed by atoms with Crippen LogP contribution in [0.15, 0.2) is 12.1 Å². The molecule has 1 aromatic carbocycles. The third-order valence-corrected chi connectivity index (χ3v) is 2.58. The van der Waals surface area contributed by atoms with Gasteiger partial charge in [0.2, 0.25) is 0 Å². The van der Waals surface area contributed by atoms with Gasteiger partial charge in [0.25, 0.3) is 0 Å². The summed E-state index contributed by atoms with van der Waals surface area (Å²) in [5.74, 6) is 3.36. The fourth-order valence-corrected chi connectivity index (χ4v) is 2.10. The Hall–Kier alpha value is -0.940. The van der Waals surface area contributed by atoms with E-state index in [0.717, 1.165) is 11.1 Å². The average molecular weight is 253 g/mol. The molecule has 1 aromatic rings. The third-order valence-electron chi connectivity index (χ3n) is 2.02. The molecule has 0 heterocycles. The number of rotatable bonds is 3. The summed E-state index contributed by atoms with van der Waals surface area (Å²) in [6, 6.07) is 4.15. The van der Waals surface area contributed by atoms with Gasteiger partial charge >= 0.3 is 0 Å². The van der Waals surface area contributed by atoms with Gasteiger partial charge < -0.3 is 4.74 Å². The van der Waals surface area contributed by atoms with Crippen molar-refractivity contribution in [2.75, 3.05) is 6.61 Å². The van der Waals surface area contributed by atoms with Crippen LogP contribution in [0.25, 0.3) is 0 Å². The van der Waals surface area contributed by atoms with Crippen LogP contribution in [0.1, 0.15) is 16.7 Å². The maximum Gasteiger partial charge on any atom is 0.148 e. The van der Waals surface area contributed by atoms with E-state index >= 15 is 0 Å². The average Bonchev–Trinajstić information content (AvgIpc) is 2.14. The van der Waals surface area contributed by atoms with Gasteiger partial charge in [-0.2, -0.15) is 0 Å². The summed E-state index contributed by atoms with van der Waals surface area (Å²) in [7, 11) is 0. The molecule has 0 spiro atoms. The molecule has 0 unspecified atom stereocenters.